The topological polar surface area (TPSA) is 56.8 Å². The summed E-state index contributed by atoms with van der Waals surface area (Å²) in [6.07, 6.45) is 1.66. The molecule has 0 fully saturated rings. The van der Waals surface area contributed by atoms with Crippen molar-refractivity contribution in [1.29, 1.82) is 0 Å². The Hall–Kier alpha value is -1.72. The summed E-state index contributed by atoms with van der Waals surface area (Å²) in [6, 6.07) is 0. The van der Waals surface area contributed by atoms with Gasteiger partial charge in [0.2, 0.25) is 0 Å². The smallest absolute Gasteiger partial charge is 0.196 e. The van der Waals surface area contributed by atoms with E-state index < -0.39 is 0 Å². The standard InChI is InChI=1S/C8H13N5O/c1-12-5-13(2)8(11-14-3)6-7(12)10-4-9-6/h4H,5H2,1-3H3,(H,9,10). The average Bonchev–Trinajstić information content (AvgIpc) is 2.60. The van der Waals surface area contributed by atoms with E-state index in [2.05, 4.69) is 15.1 Å². The number of nitrogens with zero attached hydrogens (tertiary/aromatic N) is 4. The second kappa shape index (κ2) is 3.21. The van der Waals surface area contributed by atoms with Crippen molar-refractivity contribution in [3.63, 3.8) is 0 Å². The van der Waals surface area contributed by atoms with Crippen molar-refractivity contribution in [2.75, 3.05) is 32.8 Å². The SMILES string of the molecule is CON=C1c2[nH]cnc2N(C)CN1C. The van der Waals surface area contributed by atoms with E-state index in [4.69, 9.17) is 4.84 Å². The third kappa shape index (κ3) is 1.19. The molecule has 2 heterocycles. The third-order valence-corrected chi connectivity index (χ3v) is 2.17. The van der Waals surface area contributed by atoms with E-state index in [-0.39, 0.29) is 0 Å². The number of hydrogen-bond donors (Lipinski definition) is 1. The Morgan fingerprint density at radius 2 is 2.29 bits per heavy atom. The van der Waals surface area contributed by atoms with Crippen molar-refractivity contribution in [2.24, 2.45) is 5.16 Å². The number of amidine groups is 1. The minimum absolute atomic E-state index is 0.750. The lowest BCUT2D eigenvalue weighted by Crippen LogP contribution is -2.43. The number of anilines is 1. The van der Waals surface area contributed by atoms with Crippen LogP contribution in [0.4, 0.5) is 5.82 Å². The van der Waals surface area contributed by atoms with Gasteiger partial charge in [-0.2, -0.15) is 0 Å². The normalized spacial score (nSPS) is 18.6. The molecule has 14 heavy (non-hydrogen) atoms. The van der Waals surface area contributed by atoms with Gasteiger partial charge in [0.25, 0.3) is 0 Å². The molecular weight excluding hydrogens is 182 g/mol. The van der Waals surface area contributed by atoms with E-state index in [0.29, 0.717) is 0 Å². The van der Waals surface area contributed by atoms with E-state index in [9.17, 15) is 0 Å². The van der Waals surface area contributed by atoms with E-state index in [1.54, 1.807) is 6.33 Å². The van der Waals surface area contributed by atoms with Gasteiger partial charge in [-0.3, -0.25) is 0 Å². The molecule has 76 valence electrons. The molecule has 0 saturated heterocycles. The number of imidazole rings is 1. The Morgan fingerprint density at radius 1 is 1.50 bits per heavy atom. The summed E-state index contributed by atoms with van der Waals surface area (Å²) in [4.78, 5) is 16.1. The van der Waals surface area contributed by atoms with E-state index in [1.807, 2.05) is 23.9 Å². The van der Waals surface area contributed by atoms with Gasteiger partial charge in [-0.15, -0.1) is 0 Å². The fraction of sp³-hybridized carbons (Fsp3) is 0.500. The maximum atomic E-state index is 4.79. The van der Waals surface area contributed by atoms with E-state index in [0.717, 1.165) is 24.0 Å². The maximum absolute atomic E-state index is 4.79. The molecule has 0 radical (unpaired) electrons. The lowest BCUT2D eigenvalue weighted by atomic mass is 10.3. The molecule has 0 aromatic carbocycles. The van der Waals surface area contributed by atoms with Gasteiger partial charge < -0.3 is 19.6 Å². The van der Waals surface area contributed by atoms with Gasteiger partial charge in [0, 0.05) is 14.1 Å². The van der Waals surface area contributed by atoms with Gasteiger partial charge >= 0.3 is 0 Å². The highest BCUT2D eigenvalue weighted by atomic mass is 16.6. The van der Waals surface area contributed by atoms with Crippen molar-refractivity contribution < 1.29 is 4.84 Å². The van der Waals surface area contributed by atoms with Crippen LogP contribution in [0.25, 0.3) is 0 Å². The van der Waals surface area contributed by atoms with Crippen molar-refractivity contribution in [1.82, 2.24) is 14.9 Å². The van der Waals surface area contributed by atoms with Crippen LogP contribution >= 0.6 is 0 Å². The van der Waals surface area contributed by atoms with Crippen LogP contribution in [0.3, 0.4) is 0 Å². The molecule has 0 amide bonds. The summed E-state index contributed by atoms with van der Waals surface area (Å²) < 4.78 is 0. The second-order valence-corrected chi connectivity index (χ2v) is 3.24. The largest absolute Gasteiger partial charge is 0.397 e. The van der Waals surface area contributed by atoms with Crippen molar-refractivity contribution in [3.05, 3.63) is 12.0 Å². The first kappa shape index (κ1) is 8.86. The number of fused-ring (bicyclic) bond motifs is 1. The molecular formula is C8H13N5O. The zero-order valence-corrected chi connectivity index (χ0v) is 8.48. The molecule has 1 aliphatic rings. The summed E-state index contributed by atoms with van der Waals surface area (Å²) >= 11 is 0. The number of rotatable bonds is 1. The van der Waals surface area contributed by atoms with Gasteiger partial charge in [-0.25, -0.2) is 4.98 Å². The summed E-state index contributed by atoms with van der Waals surface area (Å²) in [6.45, 7) is 0.750. The zero-order valence-electron chi connectivity index (χ0n) is 8.48. The summed E-state index contributed by atoms with van der Waals surface area (Å²) in [5.74, 6) is 1.68. The van der Waals surface area contributed by atoms with Gasteiger partial charge in [0.05, 0.1) is 13.0 Å². The van der Waals surface area contributed by atoms with Crippen LogP contribution in [0.15, 0.2) is 11.5 Å². The lowest BCUT2D eigenvalue weighted by molar-refractivity contribution is 0.207. The Bertz CT molecular complexity index is 358. The van der Waals surface area contributed by atoms with Crippen LogP contribution in [0.1, 0.15) is 5.69 Å². The quantitative estimate of drug-likeness (QED) is 0.644. The first-order chi connectivity index (χ1) is 6.74. The maximum Gasteiger partial charge on any atom is 0.196 e. The minimum atomic E-state index is 0.750. The molecule has 1 N–H and O–H groups in total. The van der Waals surface area contributed by atoms with Crippen LogP contribution in [0.2, 0.25) is 0 Å². The first-order valence-electron chi connectivity index (χ1n) is 4.31. The first-order valence-corrected chi connectivity index (χ1v) is 4.31. The molecule has 0 unspecified atom stereocenters. The molecule has 0 spiro atoms. The predicted molar refractivity (Wildman–Crippen MR) is 53.2 cm³/mol. The summed E-state index contributed by atoms with van der Waals surface area (Å²) in [5.41, 5.74) is 0.892. The van der Waals surface area contributed by atoms with Crippen molar-refractivity contribution >= 4 is 11.7 Å². The Labute approximate surface area is 82.2 Å². The molecule has 0 aliphatic carbocycles. The fourth-order valence-corrected chi connectivity index (χ4v) is 1.59. The van der Waals surface area contributed by atoms with E-state index >= 15 is 0 Å². The van der Waals surface area contributed by atoms with Crippen molar-refractivity contribution in [2.45, 2.75) is 0 Å². The molecule has 2 rings (SSSR count). The van der Waals surface area contributed by atoms with Crippen LogP contribution < -0.4 is 4.90 Å². The van der Waals surface area contributed by atoms with Gasteiger partial charge in [-0.05, 0) is 0 Å². The molecule has 6 heteroatoms. The van der Waals surface area contributed by atoms with Gasteiger partial charge in [0.1, 0.15) is 12.8 Å². The Balaban J connectivity index is 2.46. The van der Waals surface area contributed by atoms with Gasteiger partial charge in [0.15, 0.2) is 11.7 Å². The zero-order chi connectivity index (χ0) is 10.1. The number of H-pyrrole nitrogens is 1. The number of oxime groups is 1. The Morgan fingerprint density at radius 3 is 3.00 bits per heavy atom. The Kier molecular flexibility index (Phi) is 2.03. The van der Waals surface area contributed by atoms with Crippen molar-refractivity contribution in [3.8, 4) is 0 Å². The number of hydrogen-bond acceptors (Lipinski definition) is 4. The molecule has 1 aliphatic heterocycles. The summed E-state index contributed by atoms with van der Waals surface area (Å²) in [5, 5.41) is 3.96. The molecule has 1 aromatic rings. The monoisotopic (exact) mass is 195 g/mol. The number of aromatic amines is 1. The molecule has 1 aromatic heterocycles. The molecule has 0 saturated carbocycles. The molecule has 0 atom stereocenters. The van der Waals surface area contributed by atoms with Crippen LogP contribution in [-0.2, 0) is 4.84 Å². The average molecular weight is 195 g/mol. The number of nitrogens with one attached hydrogen (secondary N) is 1. The molecule has 6 nitrogen and oxygen atoms in total. The highest BCUT2D eigenvalue weighted by Crippen LogP contribution is 2.21. The minimum Gasteiger partial charge on any atom is -0.397 e. The fourth-order valence-electron chi connectivity index (χ4n) is 1.59. The van der Waals surface area contributed by atoms with E-state index in [1.165, 1.54) is 7.11 Å². The van der Waals surface area contributed by atoms with Crippen LogP contribution in [-0.4, -0.2) is 48.6 Å². The highest BCUT2D eigenvalue weighted by Gasteiger charge is 2.26. The van der Waals surface area contributed by atoms with Crippen LogP contribution in [0, 0.1) is 0 Å². The highest BCUT2D eigenvalue weighted by molar-refractivity contribution is 6.02. The number of aromatic nitrogens is 2. The second-order valence-electron chi connectivity index (χ2n) is 3.24. The lowest BCUT2D eigenvalue weighted by Gasteiger charge is -2.32. The van der Waals surface area contributed by atoms with Crippen LogP contribution in [0.5, 0.6) is 0 Å². The predicted octanol–water partition coefficient (Wildman–Crippen LogP) is 0.0568. The summed E-state index contributed by atoms with van der Waals surface area (Å²) in [7, 11) is 5.48. The third-order valence-electron chi connectivity index (χ3n) is 2.17. The van der Waals surface area contributed by atoms with Gasteiger partial charge in [-0.1, -0.05) is 5.16 Å². The molecule has 0 bridgehead atoms.